The van der Waals surface area contributed by atoms with Crippen LogP contribution in [0.4, 0.5) is 5.69 Å². The summed E-state index contributed by atoms with van der Waals surface area (Å²) in [6.07, 6.45) is 2.91. The number of unbranched alkanes of at least 4 members (excludes halogenated alkanes) is 2. The maximum Gasteiger partial charge on any atom is 0.310 e. The summed E-state index contributed by atoms with van der Waals surface area (Å²) in [5.41, 5.74) is 0.693. The number of aliphatic hydroxyl groups is 1. The van der Waals surface area contributed by atoms with Gasteiger partial charge in [0.15, 0.2) is 0 Å². The van der Waals surface area contributed by atoms with Crippen molar-refractivity contribution in [3.8, 4) is 0 Å². The highest BCUT2D eigenvalue weighted by molar-refractivity contribution is 8.02. The van der Waals surface area contributed by atoms with Crippen LogP contribution in [0.25, 0.3) is 10.8 Å². The van der Waals surface area contributed by atoms with Crippen molar-refractivity contribution in [1.82, 2.24) is 4.90 Å². The van der Waals surface area contributed by atoms with Crippen LogP contribution in [0.3, 0.4) is 0 Å². The van der Waals surface area contributed by atoms with Crippen LogP contribution in [0.1, 0.15) is 39.5 Å². The van der Waals surface area contributed by atoms with Crippen LogP contribution in [0.15, 0.2) is 42.5 Å². The molecule has 2 aromatic carbocycles. The molecule has 36 heavy (non-hydrogen) atoms. The van der Waals surface area contributed by atoms with Crippen molar-refractivity contribution in [1.29, 1.82) is 0 Å². The molecule has 0 aromatic heterocycles. The Hall–Kier alpha value is -2.58. The fourth-order valence-corrected chi connectivity index (χ4v) is 9.02. The largest absolute Gasteiger partial charge is 0.466 e. The normalized spacial score (nSPS) is 30.6. The first-order valence-electron chi connectivity index (χ1n) is 13.0. The number of thioether (sulfide) groups is 1. The van der Waals surface area contributed by atoms with E-state index in [-0.39, 0.29) is 42.2 Å². The Kier molecular flexibility index (Phi) is 7.01. The number of likely N-dealkylation sites (tertiary alicyclic amines) is 1. The van der Waals surface area contributed by atoms with Crippen molar-refractivity contribution >= 4 is 46.0 Å². The summed E-state index contributed by atoms with van der Waals surface area (Å²) in [6.45, 7) is 4.69. The second kappa shape index (κ2) is 10.1. The molecule has 3 heterocycles. The summed E-state index contributed by atoms with van der Waals surface area (Å²) in [4.78, 5) is 42.6. The van der Waals surface area contributed by atoms with Crippen LogP contribution in [0.5, 0.6) is 0 Å². The van der Waals surface area contributed by atoms with Gasteiger partial charge in [0.2, 0.25) is 11.8 Å². The minimum atomic E-state index is -0.667. The molecule has 3 aliphatic heterocycles. The second-order valence-corrected chi connectivity index (χ2v) is 11.7. The lowest BCUT2D eigenvalue weighted by molar-refractivity contribution is -0.154. The first kappa shape index (κ1) is 25.1. The molecule has 3 unspecified atom stereocenters. The van der Waals surface area contributed by atoms with E-state index in [2.05, 4.69) is 12.2 Å². The van der Waals surface area contributed by atoms with Gasteiger partial charge in [0.1, 0.15) is 6.04 Å². The molecule has 0 saturated carbocycles. The Bertz CT molecular complexity index is 1170. The number of aliphatic hydroxyl groups excluding tert-OH is 1. The second-order valence-electron chi connectivity index (χ2n) is 10.2. The number of hydrogen-bond acceptors (Lipinski definition) is 6. The van der Waals surface area contributed by atoms with E-state index in [9.17, 15) is 19.5 Å². The highest BCUT2D eigenvalue weighted by Crippen LogP contribution is 2.68. The Labute approximate surface area is 215 Å². The van der Waals surface area contributed by atoms with Crippen molar-refractivity contribution in [2.75, 3.05) is 25.1 Å². The van der Waals surface area contributed by atoms with E-state index in [0.29, 0.717) is 25.1 Å². The number of fused-ring (bicyclic) bond motifs is 2. The van der Waals surface area contributed by atoms with Crippen LogP contribution in [-0.2, 0) is 19.1 Å². The van der Waals surface area contributed by atoms with E-state index < -0.39 is 22.6 Å². The number of ether oxygens (including phenoxy) is 1. The van der Waals surface area contributed by atoms with Crippen molar-refractivity contribution in [2.45, 2.75) is 55.6 Å². The third kappa shape index (κ3) is 3.98. The van der Waals surface area contributed by atoms with Gasteiger partial charge in [-0.25, -0.2) is 0 Å². The van der Waals surface area contributed by atoms with Crippen LogP contribution >= 0.6 is 11.8 Å². The summed E-state index contributed by atoms with van der Waals surface area (Å²) < 4.78 is 4.74. The Balaban J connectivity index is 1.48. The minimum Gasteiger partial charge on any atom is -0.466 e. The number of nitrogens with zero attached hydrogens (tertiary/aromatic N) is 1. The molecule has 1 spiro atoms. The zero-order valence-corrected chi connectivity index (χ0v) is 21.6. The molecule has 5 rings (SSSR count). The molecular formula is C28H34N2O5S. The van der Waals surface area contributed by atoms with Gasteiger partial charge in [-0.1, -0.05) is 37.3 Å². The van der Waals surface area contributed by atoms with Gasteiger partial charge in [-0.2, -0.15) is 0 Å². The third-order valence-electron chi connectivity index (χ3n) is 8.13. The molecule has 192 valence electrons. The number of amides is 2. The lowest BCUT2D eigenvalue weighted by atomic mass is 9.66. The predicted molar refractivity (Wildman–Crippen MR) is 141 cm³/mol. The van der Waals surface area contributed by atoms with E-state index in [4.69, 9.17) is 4.74 Å². The number of rotatable bonds is 9. The van der Waals surface area contributed by atoms with Gasteiger partial charge >= 0.3 is 5.97 Å². The molecule has 2 bridgehead atoms. The predicted octanol–water partition coefficient (Wildman–Crippen LogP) is 3.84. The van der Waals surface area contributed by atoms with Crippen LogP contribution in [0.2, 0.25) is 0 Å². The van der Waals surface area contributed by atoms with E-state index >= 15 is 0 Å². The molecule has 7 nitrogen and oxygen atoms in total. The van der Waals surface area contributed by atoms with Gasteiger partial charge in [0.05, 0.1) is 23.2 Å². The molecule has 3 aliphatic rings. The standard InChI is InChI=1S/C28H34N2O5S/c1-3-35-27(34)22-21-15-17(2)28(36-21)23(22)26(33)30(13-7-4-8-14-31)24(28)25(32)29-20-12-11-18-9-5-6-10-19(18)16-20/h5-6,9-12,16-17,21-24,31H,3-4,7-8,13-15H2,1-2H3,(H,29,32)/t17?,21-,22+,23+,24?,28?/m1/s1. The smallest absolute Gasteiger partial charge is 0.310 e. The van der Waals surface area contributed by atoms with Gasteiger partial charge in [-0.15, -0.1) is 11.8 Å². The quantitative estimate of drug-likeness (QED) is 0.393. The van der Waals surface area contributed by atoms with E-state index in [1.165, 1.54) is 0 Å². The molecule has 6 atom stereocenters. The minimum absolute atomic E-state index is 0.0134. The SMILES string of the molecule is CCOC(=O)[C@@H]1[C@H]2C(=O)N(CCCCCO)C(C(=O)Nc3ccc4ccccc4c3)C23S[C@@H]1CC3C. The molecule has 8 heteroatoms. The molecule has 3 saturated heterocycles. The molecule has 2 aromatic rings. The monoisotopic (exact) mass is 510 g/mol. The zero-order chi connectivity index (χ0) is 25.4. The van der Waals surface area contributed by atoms with Crippen molar-refractivity contribution < 1.29 is 24.2 Å². The van der Waals surface area contributed by atoms with Gasteiger partial charge in [0, 0.05) is 24.1 Å². The maximum atomic E-state index is 14.0. The first-order chi connectivity index (χ1) is 17.4. The molecular weight excluding hydrogens is 476 g/mol. The Morgan fingerprint density at radius 2 is 1.94 bits per heavy atom. The number of anilines is 1. The third-order valence-corrected chi connectivity index (χ3v) is 10.2. The average Bonchev–Trinajstić information content (AvgIpc) is 3.45. The number of nitrogens with one attached hydrogen (secondary N) is 1. The average molecular weight is 511 g/mol. The first-order valence-corrected chi connectivity index (χ1v) is 13.9. The van der Waals surface area contributed by atoms with Crippen molar-refractivity contribution in [3.05, 3.63) is 42.5 Å². The Morgan fingerprint density at radius 3 is 2.69 bits per heavy atom. The highest BCUT2D eigenvalue weighted by Gasteiger charge is 2.76. The zero-order valence-electron chi connectivity index (χ0n) is 20.8. The number of hydrogen-bond donors (Lipinski definition) is 2. The van der Waals surface area contributed by atoms with E-state index in [1.54, 1.807) is 23.6 Å². The van der Waals surface area contributed by atoms with Crippen LogP contribution in [0, 0.1) is 17.8 Å². The van der Waals surface area contributed by atoms with Crippen LogP contribution < -0.4 is 5.32 Å². The van der Waals surface area contributed by atoms with Crippen molar-refractivity contribution in [3.63, 3.8) is 0 Å². The lowest BCUT2D eigenvalue weighted by Crippen LogP contribution is -2.54. The summed E-state index contributed by atoms with van der Waals surface area (Å²) in [5, 5.41) is 14.4. The molecule has 0 radical (unpaired) electrons. The summed E-state index contributed by atoms with van der Waals surface area (Å²) >= 11 is 1.66. The summed E-state index contributed by atoms with van der Waals surface area (Å²) in [6, 6.07) is 13.1. The topological polar surface area (TPSA) is 95.9 Å². The van der Waals surface area contributed by atoms with Gasteiger partial charge in [-0.3, -0.25) is 14.4 Å². The van der Waals surface area contributed by atoms with Gasteiger partial charge < -0.3 is 20.1 Å². The van der Waals surface area contributed by atoms with E-state index in [0.717, 1.165) is 23.6 Å². The van der Waals surface area contributed by atoms with Crippen molar-refractivity contribution in [2.24, 2.45) is 17.8 Å². The number of carbonyl (C=O) groups is 3. The highest BCUT2D eigenvalue weighted by atomic mass is 32.2. The fraction of sp³-hybridized carbons (Fsp3) is 0.536. The number of esters is 1. The molecule has 3 fully saturated rings. The number of carbonyl (C=O) groups excluding carboxylic acids is 3. The summed E-state index contributed by atoms with van der Waals surface area (Å²) in [5.74, 6) is -1.59. The maximum absolute atomic E-state index is 14.0. The lowest BCUT2D eigenvalue weighted by Gasteiger charge is -2.38. The molecule has 2 amide bonds. The van der Waals surface area contributed by atoms with Gasteiger partial charge in [-0.05, 0) is 61.4 Å². The fourth-order valence-electron chi connectivity index (χ4n) is 6.61. The van der Waals surface area contributed by atoms with E-state index in [1.807, 2.05) is 42.5 Å². The molecule has 0 aliphatic carbocycles. The number of benzene rings is 2. The van der Waals surface area contributed by atoms with Crippen LogP contribution in [-0.4, -0.2) is 63.6 Å². The van der Waals surface area contributed by atoms with Gasteiger partial charge in [0.25, 0.3) is 0 Å². The Morgan fingerprint density at radius 1 is 1.17 bits per heavy atom. The molecule has 2 N–H and O–H groups in total. The summed E-state index contributed by atoms with van der Waals surface area (Å²) in [7, 11) is 0.